The minimum absolute atomic E-state index is 0.213. The summed E-state index contributed by atoms with van der Waals surface area (Å²) in [6.07, 6.45) is 0.564. The molecule has 0 aromatic heterocycles. The number of fused-ring (bicyclic) bond motifs is 1. The van der Waals surface area contributed by atoms with Gasteiger partial charge in [-0.1, -0.05) is 37.3 Å². The largest absolute Gasteiger partial charge is 0.294 e. The molecule has 2 heteroatoms. The highest BCUT2D eigenvalue weighted by molar-refractivity contribution is 14.1. The fourth-order valence-corrected chi connectivity index (χ4v) is 2.61. The van der Waals surface area contributed by atoms with Crippen molar-refractivity contribution in [3.8, 4) is 0 Å². The summed E-state index contributed by atoms with van der Waals surface area (Å²) in [5, 5.41) is 2.35. The van der Waals surface area contributed by atoms with Crippen molar-refractivity contribution < 1.29 is 4.79 Å². The van der Waals surface area contributed by atoms with E-state index in [0.717, 1.165) is 14.5 Å². The molecule has 15 heavy (non-hydrogen) atoms. The minimum Gasteiger partial charge on any atom is -0.294 e. The molecule has 0 spiro atoms. The summed E-state index contributed by atoms with van der Waals surface area (Å²) in [6.45, 7) is 1.90. The van der Waals surface area contributed by atoms with Crippen LogP contribution in [-0.4, -0.2) is 5.78 Å². The van der Waals surface area contributed by atoms with E-state index in [1.54, 1.807) is 0 Å². The van der Waals surface area contributed by atoms with Crippen molar-refractivity contribution in [3.63, 3.8) is 0 Å². The summed E-state index contributed by atoms with van der Waals surface area (Å²) in [4.78, 5) is 11.7. The van der Waals surface area contributed by atoms with Crippen molar-refractivity contribution in [3.05, 3.63) is 45.5 Å². The quantitative estimate of drug-likeness (QED) is 0.604. The molecule has 76 valence electrons. The average molecular weight is 310 g/mol. The van der Waals surface area contributed by atoms with E-state index >= 15 is 0 Å². The normalized spacial score (nSPS) is 10.5. The third-order valence-electron chi connectivity index (χ3n) is 2.48. The average Bonchev–Trinajstić information content (AvgIpc) is 2.29. The molecule has 0 saturated heterocycles. The van der Waals surface area contributed by atoms with Crippen LogP contribution in [0.3, 0.4) is 0 Å². The van der Waals surface area contributed by atoms with Crippen molar-refractivity contribution >= 4 is 39.1 Å². The van der Waals surface area contributed by atoms with E-state index in [9.17, 15) is 4.79 Å². The van der Waals surface area contributed by atoms with Crippen LogP contribution in [0.5, 0.6) is 0 Å². The number of ketones is 1. The Balaban J connectivity index is 2.70. The van der Waals surface area contributed by atoms with E-state index in [2.05, 4.69) is 34.7 Å². The van der Waals surface area contributed by atoms with Gasteiger partial charge in [-0.3, -0.25) is 4.79 Å². The highest BCUT2D eigenvalue weighted by Crippen LogP contribution is 2.24. The number of hydrogen-bond acceptors (Lipinski definition) is 1. The molecule has 0 N–H and O–H groups in total. The van der Waals surface area contributed by atoms with Crippen LogP contribution in [0, 0.1) is 3.57 Å². The number of benzene rings is 2. The fraction of sp³-hybridized carbons (Fsp3) is 0.154. The molecule has 0 saturated carbocycles. The summed E-state index contributed by atoms with van der Waals surface area (Å²) in [7, 11) is 0. The van der Waals surface area contributed by atoms with E-state index in [1.807, 2.05) is 31.2 Å². The fourth-order valence-electron chi connectivity index (χ4n) is 1.64. The number of Topliss-reactive ketones (excluding diaryl/α,β-unsaturated/α-hetero) is 1. The number of carbonyl (C=O) groups is 1. The molecule has 0 aliphatic heterocycles. The maximum absolute atomic E-state index is 11.7. The number of carbonyl (C=O) groups excluding carboxylic acids is 1. The molecule has 2 rings (SSSR count). The van der Waals surface area contributed by atoms with Gasteiger partial charge in [-0.25, -0.2) is 0 Å². The molecule has 0 aliphatic carbocycles. The molecular weight excluding hydrogens is 299 g/mol. The van der Waals surface area contributed by atoms with Crippen LogP contribution in [0.25, 0.3) is 10.8 Å². The lowest BCUT2D eigenvalue weighted by Gasteiger charge is -2.05. The third kappa shape index (κ3) is 1.91. The highest BCUT2D eigenvalue weighted by atomic mass is 127. The molecule has 0 unspecified atom stereocenters. The van der Waals surface area contributed by atoms with Crippen molar-refractivity contribution in [2.75, 3.05) is 0 Å². The van der Waals surface area contributed by atoms with E-state index in [-0.39, 0.29) is 5.78 Å². The van der Waals surface area contributed by atoms with Crippen molar-refractivity contribution in [2.24, 2.45) is 0 Å². The third-order valence-corrected chi connectivity index (χ3v) is 3.65. The van der Waals surface area contributed by atoms with E-state index in [4.69, 9.17) is 0 Å². The maximum Gasteiger partial charge on any atom is 0.163 e. The number of hydrogen-bond donors (Lipinski definition) is 0. The molecule has 0 heterocycles. The molecule has 0 fully saturated rings. The number of halogens is 1. The maximum atomic E-state index is 11.7. The lowest BCUT2D eigenvalue weighted by atomic mass is 10.0. The van der Waals surface area contributed by atoms with Gasteiger partial charge in [-0.05, 0) is 39.4 Å². The second-order valence-electron chi connectivity index (χ2n) is 3.42. The van der Waals surface area contributed by atoms with Crippen LogP contribution >= 0.6 is 22.6 Å². The smallest absolute Gasteiger partial charge is 0.163 e. The minimum atomic E-state index is 0.213. The molecule has 0 amide bonds. The van der Waals surface area contributed by atoms with E-state index in [1.165, 1.54) is 5.39 Å². The predicted molar refractivity (Wildman–Crippen MR) is 71.3 cm³/mol. The first kappa shape index (κ1) is 10.6. The summed E-state index contributed by atoms with van der Waals surface area (Å²) in [5.74, 6) is 0.213. The Morgan fingerprint density at radius 3 is 2.67 bits per heavy atom. The topological polar surface area (TPSA) is 17.1 Å². The summed E-state index contributed by atoms with van der Waals surface area (Å²) < 4.78 is 1.07. The Morgan fingerprint density at radius 2 is 1.93 bits per heavy atom. The molecule has 0 radical (unpaired) electrons. The van der Waals surface area contributed by atoms with Gasteiger partial charge in [0.25, 0.3) is 0 Å². The summed E-state index contributed by atoms with van der Waals surface area (Å²) in [6, 6.07) is 12.1. The van der Waals surface area contributed by atoms with Gasteiger partial charge in [0.15, 0.2) is 5.78 Å². The van der Waals surface area contributed by atoms with Crippen molar-refractivity contribution in [1.29, 1.82) is 0 Å². The van der Waals surface area contributed by atoms with Crippen LogP contribution in [0.15, 0.2) is 36.4 Å². The molecule has 2 aromatic carbocycles. The van der Waals surface area contributed by atoms with Crippen molar-refractivity contribution in [2.45, 2.75) is 13.3 Å². The highest BCUT2D eigenvalue weighted by Gasteiger charge is 2.09. The van der Waals surface area contributed by atoms with Crippen LogP contribution in [0.2, 0.25) is 0 Å². The number of rotatable bonds is 2. The lowest BCUT2D eigenvalue weighted by molar-refractivity contribution is 0.0987. The zero-order valence-electron chi connectivity index (χ0n) is 8.46. The SMILES string of the molecule is CCC(=O)c1ccc2ccccc2c1I. The Labute approximate surface area is 103 Å². The first-order valence-electron chi connectivity index (χ1n) is 4.94. The molecule has 2 aromatic rings. The molecule has 1 nitrogen and oxygen atoms in total. The second kappa shape index (κ2) is 4.31. The lowest BCUT2D eigenvalue weighted by Crippen LogP contribution is -1.99. The van der Waals surface area contributed by atoms with Gasteiger partial charge < -0.3 is 0 Å². The molecule has 0 bridgehead atoms. The van der Waals surface area contributed by atoms with E-state index in [0.29, 0.717) is 6.42 Å². The van der Waals surface area contributed by atoms with Gasteiger partial charge in [0, 0.05) is 15.6 Å². The van der Waals surface area contributed by atoms with Gasteiger partial charge in [-0.15, -0.1) is 0 Å². The van der Waals surface area contributed by atoms with Gasteiger partial charge in [0.05, 0.1) is 0 Å². The first-order chi connectivity index (χ1) is 7.24. The predicted octanol–water partition coefficient (Wildman–Crippen LogP) is 4.04. The van der Waals surface area contributed by atoms with Crippen LogP contribution in [0.1, 0.15) is 23.7 Å². The Morgan fingerprint density at radius 1 is 1.20 bits per heavy atom. The van der Waals surface area contributed by atoms with Gasteiger partial charge in [0.2, 0.25) is 0 Å². The molecular formula is C13H11IO. The molecule has 0 aliphatic rings. The Hall–Kier alpha value is -0.900. The van der Waals surface area contributed by atoms with Crippen LogP contribution in [0.4, 0.5) is 0 Å². The summed E-state index contributed by atoms with van der Waals surface area (Å²) in [5.41, 5.74) is 0.844. The summed E-state index contributed by atoms with van der Waals surface area (Å²) >= 11 is 2.26. The van der Waals surface area contributed by atoms with Gasteiger partial charge >= 0.3 is 0 Å². The van der Waals surface area contributed by atoms with E-state index < -0.39 is 0 Å². The van der Waals surface area contributed by atoms with Crippen LogP contribution in [-0.2, 0) is 0 Å². The molecule has 0 atom stereocenters. The monoisotopic (exact) mass is 310 g/mol. The standard InChI is InChI=1S/C13H11IO/c1-2-12(15)11-8-7-9-5-3-4-6-10(9)13(11)14/h3-8H,2H2,1H3. The zero-order valence-corrected chi connectivity index (χ0v) is 10.6. The first-order valence-corrected chi connectivity index (χ1v) is 6.02. The van der Waals surface area contributed by atoms with Crippen molar-refractivity contribution in [1.82, 2.24) is 0 Å². The van der Waals surface area contributed by atoms with Gasteiger partial charge in [0.1, 0.15) is 0 Å². The Kier molecular flexibility index (Phi) is 3.05. The van der Waals surface area contributed by atoms with Gasteiger partial charge in [-0.2, -0.15) is 0 Å². The second-order valence-corrected chi connectivity index (χ2v) is 4.50. The van der Waals surface area contributed by atoms with Crippen LogP contribution < -0.4 is 0 Å². The Bertz CT molecular complexity index is 517. The zero-order chi connectivity index (χ0) is 10.8.